The highest BCUT2D eigenvalue weighted by Crippen LogP contribution is 2.36. The van der Waals surface area contributed by atoms with Gasteiger partial charge < -0.3 is 19.5 Å². The van der Waals surface area contributed by atoms with Crippen LogP contribution in [0, 0.1) is 0 Å². The van der Waals surface area contributed by atoms with Crippen LogP contribution in [0.25, 0.3) is 6.08 Å². The minimum absolute atomic E-state index is 0.238. The number of para-hydroxylation sites is 1. The summed E-state index contributed by atoms with van der Waals surface area (Å²) in [6, 6.07) is 12.7. The number of nitrogens with zero attached hydrogens (tertiary/aromatic N) is 1. The molecule has 0 unspecified atom stereocenters. The summed E-state index contributed by atoms with van der Waals surface area (Å²) in [6.45, 7) is 0. The molecular formula is C19H18N2O4S. The number of hydrogen-bond donors (Lipinski definition) is 1. The molecule has 1 aliphatic rings. The highest BCUT2D eigenvalue weighted by Gasteiger charge is 2.32. The summed E-state index contributed by atoms with van der Waals surface area (Å²) < 4.78 is 16.0. The summed E-state index contributed by atoms with van der Waals surface area (Å²) in [6.07, 6.45) is 1.68. The fourth-order valence-corrected chi connectivity index (χ4v) is 2.97. The van der Waals surface area contributed by atoms with Gasteiger partial charge in [-0.25, -0.2) is 0 Å². The number of anilines is 1. The molecule has 0 aliphatic carbocycles. The van der Waals surface area contributed by atoms with E-state index < -0.39 is 0 Å². The second-order valence-corrected chi connectivity index (χ2v) is 5.80. The van der Waals surface area contributed by atoms with Gasteiger partial charge in [-0.1, -0.05) is 18.2 Å². The van der Waals surface area contributed by atoms with Crippen LogP contribution < -0.4 is 24.4 Å². The molecule has 0 spiro atoms. The zero-order valence-electron chi connectivity index (χ0n) is 14.6. The van der Waals surface area contributed by atoms with Crippen molar-refractivity contribution in [1.82, 2.24) is 5.32 Å². The van der Waals surface area contributed by atoms with Gasteiger partial charge in [0.25, 0.3) is 5.91 Å². The molecule has 6 nitrogen and oxygen atoms in total. The van der Waals surface area contributed by atoms with Crippen molar-refractivity contribution in [3.05, 3.63) is 53.7 Å². The first-order chi connectivity index (χ1) is 12.6. The normalized spacial score (nSPS) is 15.2. The minimum Gasteiger partial charge on any atom is -0.496 e. The molecule has 1 heterocycles. The van der Waals surface area contributed by atoms with Crippen LogP contribution in [0.1, 0.15) is 5.56 Å². The summed E-state index contributed by atoms with van der Waals surface area (Å²) in [7, 11) is 4.65. The quantitative estimate of drug-likeness (QED) is 0.645. The average Bonchev–Trinajstić information content (AvgIpc) is 2.95. The average molecular weight is 370 g/mol. The molecule has 2 aromatic rings. The Morgan fingerprint density at radius 1 is 0.962 bits per heavy atom. The van der Waals surface area contributed by atoms with E-state index in [1.807, 2.05) is 30.3 Å². The Bertz CT molecular complexity index is 881. The van der Waals surface area contributed by atoms with E-state index >= 15 is 0 Å². The van der Waals surface area contributed by atoms with Gasteiger partial charge in [-0.2, -0.15) is 0 Å². The van der Waals surface area contributed by atoms with E-state index in [2.05, 4.69) is 5.32 Å². The monoisotopic (exact) mass is 370 g/mol. The van der Waals surface area contributed by atoms with E-state index in [1.165, 1.54) is 4.90 Å². The van der Waals surface area contributed by atoms with Gasteiger partial charge in [0.1, 0.15) is 11.4 Å². The van der Waals surface area contributed by atoms with Crippen LogP contribution in [0.4, 0.5) is 5.69 Å². The maximum Gasteiger partial charge on any atom is 0.281 e. The van der Waals surface area contributed by atoms with Crippen LogP contribution in [0.5, 0.6) is 17.2 Å². The molecule has 0 aromatic heterocycles. The summed E-state index contributed by atoms with van der Waals surface area (Å²) in [5.74, 6) is 1.39. The zero-order chi connectivity index (χ0) is 18.7. The van der Waals surface area contributed by atoms with Crippen LogP contribution in [0.15, 0.2) is 48.2 Å². The van der Waals surface area contributed by atoms with Crippen LogP contribution in [0.3, 0.4) is 0 Å². The van der Waals surface area contributed by atoms with Crippen molar-refractivity contribution in [3.63, 3.8) is 0 Å². The van der Waals surface area contributed by atoms with Gasteiger partial charge in [0.15, 0.2) is 16.6 Å². The number of hydrogen-bond acceptors (Lipinski definition) is 5. The van der Waals surface area contributed by atoms with E-state index in [1.54, 1.807) is 39.5 Å². The lowest BCUT2D eigenvalue weighted by molar-refractivity contribution is -0.113. The van der Waals surface area contributed by atoms with Crippen molar-refractivity contribution < 1.29 is 19.0 Å². The molecule has 134 valence electrons. The van der Waals surface area contributed by atoms with E-state index in [0.29, 0.717) is 39.3 Å². The number of nitrogens with one attached hydrogen (secondary N) is 1. The van der Waals surface area contributed by atoms with Crippen molar-refractivity contribution in [2.45, 2.75) is 0 Å². The van der Waals surface area contributed by atoms with Crippen molar-refractivity contribution in [2.75, 3.05) is 26.2 Å². The first-order valence-electron chi connectivity index (χ1n) is 7.81. The van der Waals surface area contributed by atoms with E-state index in [-0.39, 0.29) is 5.91 Å². The molecule has 1 aliphatic heterocycles. The lowest BCUT2D eigenvalue weighted by Crippen LogP contribution is -2.30. The Morgan fingerprint density at radius 3 is 2.19 bits per heavy atom. The predicted octanol–water partition coefficient (Wildman–Crippen LogP) is 2.97. The molecule has 0 saturated carbocycles. The van der Waals surface area contributed by atoms with Gasteiger partial charge in [-0.15, -0.1) is 0 Å². The number of benzene rings is 2. The molecular weight excluding hydrogens is 352 g/mol. The van der Waals surface area contributed by atoms with Gasteiger partial charge >= 0.3 is 0 Å². The van der Waals surface area contributed by atoms with E-state index in [4.69, 9.17) is 26.4 Å². The third-order valence-electron chi connectivity index (χ3n) is 3.93. The predicted molar refractivity (Wildman–Crippen MR) is 104 cm³/mol. The molecule has 26 heavy (non-hydrogen) atoms. The standard InChI is InChI=1S/C19H18N2O4S/c1-23-15-11-17(25-3)16(24-2)10-12(15)9-14-18(22)21(19(26)20-14)13-7-5-4-6-8-13/h4-11H,1-3H3,(H,20,26)/b14-9+. The minimum atomic E-state index is -0.238. The first-order valence-corrected chi connectivity index (χ1v) is 8.22. The number of carbonyl (C=O) groups excluding carboxylic acids is 1. The number of carbonyl (C=O) groups is 1. The fourth-order valence-electron chi connectivity index (χ4n) is 2.67. The number of ether oxygens (including phenoxy) is 3. The topological polar surface area (TPSA) is 60.0 Å². The molecule has 0 bridgehead atoms. The van der Waals surface area contributed by atoms with Gasteiger partial charge in [-0.3, -0.25) is 9.69 Å². The maximum absolute atomic E-state index is 12.8. The molecule has 1 N–H and O–H groups in total. The number of amides is 1. The SMILES string of the molecule is COc1cc(OC)c(OC)cc1/C=C1/NC(=S)N(c2ccccc2)C1=O. The summed E-state index contributed by atoms with van der Waals surface area (Å²) in [5.41, 5.74) is 1.72. The molecule has 1 fully saturated rings. The maximum atomic E-state index is 12.8. The van der Waals surface area contributed by atoms with Gasteiger partial charge in [0, 0.05) is 11.6 Å². The molecule has 3 rings (SSSR count). The smallest absolute Gasteiger partial charge is 0.281 e. The summed E-state index contributed by atoms with van der Waals surface area (Å²) >= 11 is 5.32. The Morgan fingerprint density at radius 2 is 1.58 bits per heavy atom. The van der Waals surface area contributed by atoms with E-state index in [0.717, 1.165) is 0 Å². The Labute approximate surface area is 157 Å². The molecule has 1 amide bonds. The molecule has 0 atom stereocenters. The highest BCUT2D eigenvalue weighted by molar-refractivity contribution is 7.80. The van der Waals surface area contributed by atoms with Gasteiger partial charge in [0.05, 0.1) is 27.0 Å². The van der Waals surface area contributed by atoms with Gasteiger partial charge in [-0.05, 0) is 36.5 Å². The Hall–Kier alpha value is -3.06. The second-order valence-electron chi connectivity index (χ2n) is 5.41. The third-order valence-corrected chi connectivity index (χ3v) is 4.21. The lowest BCUT2D eigenvalue weighted by Gasteiger charge is -2.13. The number of rotatable bonds is 5. The van der Waals surface area contributed by atoms with Crippen LogP contribution >= 0.6 is 12.2 Å². The largest absolute Gasteiger partial charge is 0.496 e. The van der Waals surface area contributed by atoms with E-state index in [9.17, 15) is 4.79 Å². The van der Waals surface area contributed by atoms with Gasteiger partial charge in [0.2, 0.25) is 0 Å². The molecule has 7 heteroatoms. The van der Waals surface area contributed by atoms with Crippen LogP contribution in [-0.2, 0) is 4.79 Å². The number of thiocarbonyl (C=S) groups is 1. The van der Waals surface area contributed by atoms with Crippen molar-refractivity contribution in [1.29, 1.82) is 0 Å². The van der Waals surface area contributed by atoms with Crippen LogP contribution in [-0.4, -0.2) is 32.3 Å². The highest BCUT2D eigenvalue weighted by atomic mass is 32.1. The first kappa shape index (κ1) is 17.8. The molecule has 0 radical (unpaired) electrons. The summed E-state index contributed by atoms with van der Waals surface area (Å²) in [4.78, 5) is 14.3. The number of methoxy groups -OCH3 is 3. The molecule has 1 saturated heterocycles. The zero-order valence-corrected chi connectivity index (χ0v) is 15.4. The second kappa shape index (κ2) is 7.45. The Kier molecular flexibility index (Phi) is 5.09. The van der Waals surface area contributed by atoms with Crippen LogP contribution in [0.2, 0.25) is 0 Å². The van der Waals surface area contributed by atoms with Crippen molar-refractivity contribution in [3.8, 4) is 17.2 Å². The lowest BCUT2D eigenvalue weighted by atomic mass is 10.1. The summed E-state index contributed by atoms with van der Waals surface area (Å²) in [5, 5.41) is 3.29. The third kappa shape index (κ3) is 3.21. The van der Waals surface area contributed by atoms with Crippen molar-refractivity contribution in [2.24, 2.45) is 0 Å². The fraction of sp³-hybridized carbons (Fsp3) is 0.158. The van der Waals surface area contributed by atoms with Crippen molar-refractivity contribution >= 4 is 35.0 Å². The Balaban J connectivity index is 2.01. The molecule has 2 aromatic carbocycles.